The third kappa shape index (κ3) is 2.11. The molecule has 1 aromatic heterocycles. The van der Waals surface area contributed by atoms with E-state index in [4.69, 9.17) is 4.74 Å². The number of amides is 1. The second-order valence-electron chi connectivity index (χ2n) is 3.30. The second-order valence-corrected chi connectivity index (χ2v) is 3.30. The van der Waals surface area contributed by atoms with Gasteiger partial charge in [0.25, 0.3) is 0 Å². The van der Waals surface area contributed by atoms with Gasteiger partial charge in [0.15, 0.2) is 0 Å². The first-order valence-electron chi connectivity index (χ1n) is 4.73. The molecule has 1 aromatic rings. The van der Waals surface area contributed by atoms with E-state index in [0.717, 1.165) is 18.5 Å². The predicted molar refractivity (Wildman–Crippen MR) is 49.4 cm³/mol. The van der Waals surface area contributed by atoms with E-state index in [9.17, 15) is 4.79 Å². The topological polar surface area (TPSA) is 67.0 Å². The Bertz CT molecular complexity index is 291. The van der Waals surface area contributed by atoms with Crippen LogP contribution >= 0.6 is 0 Å². The lowest BCUT2D eigenvalue weighted by molar-refractivity contribution is -0.130. The molecule has 1 amide bonds. The molecule has 1 aliphatic rings. The van der Waals surface area contributed by atoms with Crippen molar-refractivity contribution in [2.45, 2.75) is 25.5 Å². The first-order chi connectivity index (χ1) is 6.86. The second kappa shape index (κ2) is 4.23. The summed E-state index contributed by atoms with van der Waals surface area (Å²) in [7, 11) is 0. The van der Waals surface area contributed by atoms with Crippen molar-refractivity contribution in [3.63, 3.8) is 0 Å². The highest BCUT2D eigenvalue weighted by Gasteiger charge is 2.22. The molecule has 0 radical (unpaired) electrons. The Morgan fingerprint density at radius 2 is 2.71 bits per heavy atom. The Morgan fingerprint density at radius 1 is 1.79 bits per heavy atom. The van der Waals surface area contributed by atoms with Crippen molar-refractivity contribution >= 4 is 5.91 Å². The Morgan fingerprint density at radius 3 is 3.36 bits per heavy atom. The first kappa shape index (κ1) is 9.21. The maximum Gasteiger partial charge on any atom is 0.249 e. The Labute approximate surface area is 81.9 Å². The van der Waals surface area contributed by atoms with E-state index in [-0.39, 0.29) is 12.0 Å². The minimum Gasteiger partial charge on any atom is -0.368 e. The van der Waals surface area contributed by atoms with Crippen molar-refractivity contribution in [2.75, 3.05) is 6.61 Å². The third-order valence-corrected chi connectivity index (χ3v) is 2.23. The van der Waals surface area contributed by atoms with Gasteiger partial charge in [-0.25, -0.2) is 4.98 Å². The molecule has 14 heavy (non-hydrogen) atoms. The third-order valence-electron chi connectivity index (χ3n) is 2.23. The molecule has 1 fully saturated rings. The van der Waals surface area contributed by atoms with Crippen LogP contribution in [-0.2, 0) is 16.1 Å². The molecule has 0 bridgehead atoms. The van der Waals surface area contributed by atoms with Gasteiger partial charge in [-0.05, 0) is 12.8 Å². The van der Waals surface area contributed by atoms with Gasteiger partial charge < -0.3 is 15.0 Å². The van der Waals surface area contributed by atoms with Crippen LogP contribution in [-0.4, -0.2) is 28.6 Å². The highest BCUT2D eigenvalue weighted by Crippen LogP contribution is 2.11. The van der Waals surface area contributed by atoms with E-state index < -0.39 is 0 Å². The van der Waals surface area contributed by atoms with Gasteiger partial charge in [0, 0.05) is 12.8 Å². The van der Waals surface area contributed by atoms with E-state index >= 15 is 0 Å². The lowest BCUT2D eigenvalue weighted by atomic mass is 10.2. The SMILES string of the molecule is O=C(NCc1cnc[nH]1)[C@@H]1CCCO1. The van der Waals surface area contributed by atoms with Crippen molar-refractivity contribution in [2.24, 2.45) is 0 Å². The highest BCUT2D eigenvalue weighted by molar-refractivity contribution is 5.80. The largest absolute Gasteiger partial charge is 0.368 e. The van der Waals surface area contributed by atoms with Crippen molar-refractivity contribution in [3.05, 3.63) is 18.2 Å². The fourth-order valence-corrected chi connectivity index (χ4v) is 1.46. The van der Waals surface area contributed by atoms with Crippen LogP contribution in [0.4, 0.5) is 0 Å². The van der Waals surface area contributed by atoms with Crippen LogP contribution in [0.1, 0.15) is 18.5 Å². The number of aromatic nitrogens is 2. The fraction of sp³-hybridized carbons (Fsp3) is 0.556. The Balaban J connectivity index is 1.77. The highest BCUT2D eigenvalue weighted by atomic mass is 16.5. The molecule has 0 aromatic carbocycles. The average Bonchev–Trinajstić information content (AvgIpc) is 2.87. The minimum atomic E-state index is -0.252. The number of nitrogens with one attached hydrogen (secondary N) is 2. The van der Waals surface area contributed by atoms with Gasteiger partial charge in [-0.15, -0.1) is 0 Å². The molecule has 1 atom stereocenters. The smallest absolute Gasteiger partial charge is 0.249 e. The van der Waals surface area contributed by atoms with Gasteiger partial charge in [0.2, 0.25) is 5.91 Å². The van der Waals surface area contributed by atoms with Crippen LogP contribution in [0.15, 0.2) is 12.5 Å². The van der Waals surface area contributed by atoms with Crippen molar-refractivity contribution in [1.29, 1.82) is 0 Å². The fourth-order valence-electron chi connectivity index (χ4n) is 1.46. The number of hydrogen-bond donors (Lipinski definition) is 2. The van der Waals surface area contributed by atoms with Crippen LogP contribution in [0, 0.1) is 0 Å². The number of ether oxygens (including phenoxy) is 1. The molecule has 2 N–H and O–H groups in total. The number of imidazole rings is 1. The zero-order valence-corrected chi connectivity index (χ0v) is 7.82. The van der Waals surface area contributed by atoms with Crippen LogP contribution in [0.3, 0.4) is 0 Å². The summed E-state index contributed by atoms with van der Waals surface area (Å²) in [5, 5.41) is 2.79. The van der Waals surface area contributed by atoms with E-state index in [2.05, 4.69) is 15.3 Å². The zero-order valence-electron chi connectivity index (χ0n) is 7.82. The van der Waals surface area contributed by atoms with Gasteiger partial charge in [-0.2, -0.15) is 0 Å². The normalized spacial score (nSPS) is 21.0. The summed E-state index contributed by atoms with van der Waals surface area (Å²) in [5.41, 5.74) is 0.899. The van der Waals surface area contributed by atoms with E-state index in [1.54, 1.807) is 12.5 Å². The summed E-state index contributed by atoms with van der Waals surface area (Å²) in [6.45, 7) is 1.18. The summed E-state index contributed by atoms with van der Waals surface area (Å²) in [6.07, 6.45) is 4.83. The van der Waals surface area contributed by atoms with Gasteiger partial charge in [0.05, 0.1) is 18.6 Å². The van der Waals surface area contributed by atoms with E-state index in [0.29, 0.717) is 13.2 Å². The van der Waals surface area contributed by atoms with Crippen LogP contribution in [0.25, 0.3) is 0 Å². The molecule has 2 heterocycles. The molecule has 0 spiro atoms. The number of carbonyl (C=O) groups is 1. The molecule has 1 saturated heterocycles. The van der Waals surface area contributed by atoms with Crippen LogP contribution in [0.2, 0.25) is 0 Å². The van der Waals surface area contributed by atoms with Gasteiger partial charge in [0.1, 0.15) is 6.10 Å². The van der Waals surface area contributed by atoms with Gasteiger partial charge >= 0.3 is 0 Å². The summed E-state index contributed by atoms with van der Waals surface area (Å²) in [5.74, 6) is -0.0305. The molecule has 0 saturated carbocycles. The molecule has 5 heteroatoms. The number of H-pyrrole nitrogens is 1. The molecule has 5 nitrogen and oxygen atoms in total. The number of nitrogens with zero attached hydrogens (tertiary/aromatic N) is 1. The Kier molecular flexibility index (Phi) is 2.78. The lowest BCUT2D eigenvalue weighted by Crippen LogP contribution is -2.33. The molecule has 76 valence electrons. The number of carbonyl (C=O) groups excluding carboxylic acids is 1. The quantitative estimate of drug-likeness (QED) is 0.724. The molecule has 0 unspecified atom stereocenters. The molecule has 0 aliphatic carbocycles. The molecule has 1 aliphatic heterocycles. The summed E-state index contributed by atoms with van der Waals surface area (Å²) < 4.78 is 5.25. The predicted octanol–water partition coefficient (Wildman–Crippen LogP) is 0.205. The standard InChI is InChI=1S/C9H13N3O2/c13-9(8-2-1-3-14-8)11-5-7-4-10-6-12-7/h4,6,8H,1-3,5H2,(H,10,12)(H,11,13)/t8-/m0/s1. The minimum absolute atomic E-state index is 0.0305. The van der Waals surface area contributed by atoms with E-state index in [1.807, 2.05) is 0 Å². The van der Waals surface area contributed by atoms with Crippen molar-refractivity contribution in [3.8, 4) is 0 Å². The number of hydrogen-bond acceptors (Lipinski definition) is 3. The monoisotopic (exact) mass is 195 g/mol. The summed E-state index contributed by atoms with van der Waals surface area (Å²) >= 11 is 0. The Hall–Kier alpha value is -1.36. The van der Waals surface area contributed by atoms with Crippen molar-refractivity contribution < 1.29 is 9.53 Å². The summed E-state index contributed by atoms with van der Waals surface area (Å²) in [4.78, 5) is 18.2. The van der Waals surface area contributed by atoms with E-state index in [1.165, 1.54) is 0 Å². The summed E-state index contributed by atoms with van der Waals surface area (Å²) in [6, 6.07) is 0. The van der Waals surface area contributed by atoms with Gasteiger partial charge in [-0.3, -0.25) is 4.79 Å². The average molecular weight is 195 g/mol. The van der Waals surface area contributed by atoms with Gasteiger partial charge in [-0.1, -0.05) is 0 Å². The molecular formula is C9H13N3O2. The maximum atomic E-state index is 11.5. The van der Waals surface area contributed by atoms with Crippen LogP contribution < -0.4 is 5.32 Å². The molecule has 2 rings (SSSR count). The van der Waals surface area contributed by atoms with Crippen molar-refractivity contribution in [1.82, 2.24) is 15.3 Å². The zero-order chi connectivity index (χ0) is 9.80. The lowest BCUT2D eigenvalue weighted by Gasteiger charge is -2.08. The van der Waals surface area contributed by atoms with Crippen LogP contribution in [0.5, 0.6) is 0 Å². The maximum absolute atomic E-state index is 11.5. The number of aromatic amines is 1. The first-order valence-corrected chi connectivity index (χ1v) is 4.73. The number of rotatable bonds is 3. The molecular weight excluding hydrogens is 182 g/mol.